The minimum Gasteiger partial charge on any atom is -0.303 e. The fourth-order valence-corrected chi connectivity index (χ4v) is 1.37. The fraction of sp³-hybridized carbons (Fsp3) is 0.200. The summed E-state index contributed by atoms with van der Waals surface area (Å²) in [4.78, 5) is 16.8. The van der Waals surface area contributed by atoms with E-state index in [9.17, 15) is 4.57 Å². The predicted molar refractivity (Wildman–Crippen MR) is 58.1 cm³/mol. The first-order valence-electron chi connectivity index (χ1n) is 4.49. The Morgan fingerprint density at radius 2 is 1.93 bits per heavy atom. The van der Waals surface area contributed by atoms with Crippen LogP contribution >= 0.6 is 7.82 Å². The third kappa shape index (κ3) is 6.20. The second-order valence-corrected chi connectivity index (χ2v) is 4.16. The molecule has 0 aliphatic rings. The molecule has 0 unspecified atom stereocenters. The summed E-state index contributed by atoms with van der Waals surface area (Å²) >= 11 is 0. The quantitative estimate of drug-likeness (QED) is 0.598. The van der Waals surface area contributed by atoms with Gasteiger partial charge in [0.25, 0.3) is 0 Å². The first-order valence-corrected chi connectivity index (χ1v) is 6.03. The highest BCUT2D eigenvalue weighted by Gasteiger charge is 2.11. The smallest absolute Gasteiger partial charge is 0.303 e. The van der Waals surface area contributed by atoms with Crippen LogP contribution < -0.4 is 0 Å². The molecule has 4 nitrogen and oxygen atoms in total. The van der Waals surface area contributed by atoms with Gasteiger partial charge in [0.05, 0.1) is 6.61 Å². The summed E-state index contributed by atoms with van der Waals surface area (Å²) in [6.45, 7) is 0.0214. The molecule has 0 amide bonds. The van der Waals surface area contributed by atoms with Crippen molar-refractivity contribution in [2.24, 2.45) is 0 Å². The highest BCUT2D eigenvalue weighted by Crippen LogP contribution is 2.35. The third-order valence-electron chi connectivity index (χ3n) is 1.65. The Hall–Kier alpha value is -0.930. The summed E-state index contributed by atoms with van der Waals surface area (Å²) in [5, 5.41) is 0. The highest BCUT2D eigenvalue weighted by molar-refractivity contribution is 7.46. The number of benzene rings is 1. The Kier molecular flexibility index (Phi) is 4.72. The molecule has 5 heteroatoms. The van der Waals surface area contributed by atoms with Crippen LogP contribution in [0.5, 0.6) is 0 Å². The minimum absolute atomic E-state index is 0.0214. The monoisotopic (exact) mass is 228 g/mol. The molecule has 82 valence electrons. The molecule has 0 aliphatic carbocycles. The van der Waals surface area contributed by atoms with Gasteiger partial charge in [-0.2, -0.15) is 0 Å². The van der Waals surface area contributed by atoms with Crippen LogP contribution in [-0.2, 0) is 9.09 Å². The van der Waals surface area contributed by atoms with Gasteiger partial charge >= 0.3 is 7.82 Å². The topological polar surface area (TPSA) is 66.8 Å². The van der Waals surface area contributed by atoms with Gasteiger partial charge in [0.2, 0.25) is 0 Å². The van der Waals surface area contributed by atoms with E-state index < -0.39 is 7.82 Å². The lowest BCUT2D eigenvalue weighted by Crippen LogP contribution is -1.89. The molecule has 0 aromatic heterocycles. The maximum absolute atomic E-state index is 10.3. The van der Waals surface area contributed by atoms with Crippen LogP contribution in [0.2, 0.25) is 0 Å². The molecule has 0 saturated heterocycles. The standard InChI is InChI=1S/C10H13O4P/c11-15(12,13)14-9-5-4-8-10-6-2-1-3-7-10/h1-4,6-8H,5,9H2,(H2,11,12,13). The molecule has 15 heavy (non-hydrogen) atoms. The van der Waals surface area contributed by atoms with Crippen molar-refractivity contribution in [3.63, 3.8) is 0 Å². The van der Waals surface area contributed by atoms with Crippen LogP contribution in [0, 0.1) is 0 Å². The molecular weight excluding hydrogens is 215 g/mol. The fourth-order valence-electron chi connectivity index (χ4n) is 1.02. The average Bonchev–Trinajstić information content (AvgIpc) is 2.17. The molecule has 2 N–H and O–H groups in total. The maximum atomic E-state index is 10.3. The largest absolute Gasteiger partial charge is 0.469 e. The minimum atomic E-state index is -4.31. The molecule has 0 radical (unpaired) electrons. The van der Waals surface area contributed by atoms with Crippen molar-refractivity contribution < 1.29 is 18.9 Å². The van der Waals surface area contributed by atoms with E-state index >= 15 is 0 Å². The van der Waals surface area contributed by atoms with E-state index in [2.05, 4.69) is 4.52 Å². The normalized spacial score (nSPS) is 12.1. The summed E-state index contributed by atoms with van der Waals surface area (Å²) < 4.78 is 14.6. The molecule has 0 aliphatic heterocycles. The van der Waals surface area contributed by atoms with Crippen LogP contribution in [0.3, 0.4) is 0 Å². The number of hydrogen-bond donors (Lipinski definition) is 2. The maximum Gasteiger partial charge on any atom is 0.469 e. The summed E-state index contributed by atoms with van der Waals surface area (Å²) in [7, 11) is -4.31. The van der Waals surface area contributed by atoms with Crippen molar-refractivity contribution in [2.45, 2.75) is 6.42 Å². The SMILES string of the molecule is O=P(O)(O)OCCC=Cc1ccccc1. The summed E-state index contributed by atoms with van der Waals surface area (Å²) in [5.74, 6) is 0. The van der Waals surface area contributed by atoms with E-state index in [-0.39, 0.29) is 6.61 Å². The lowest BCUT2D eigenvalue weighted by atomic mass is 10.2. The van der Waals surface area contributed by atoms with Crippen LogP contribution in [0.4, 0.5) is 0 Å². The zero-order valence-electron chi connectivity index (χ0n) is 8.11. The van der Waals surface area contributed by atoms with Crippen molar-refractivity contribution in [3.8, 4) is 0 Å². The Bertz CT molecular complexity index is 355. The lowest BCUT2D eigenvalue weighted by Gasteiger charge is -2.01. The summed E-state index contributed by atoms with van der Waals surface area (Å²) in [5.41, 5.74) is 1.05. The lowest BCUT2D eigenvalue weighted by molar-refractivity contribution is 0.200. The van der Waals surface area contributed by atoms with Crippen molar-refractivity contribution >= 4 is 13.9 Å². The van der Waals surface area contributed by atoms with Crippen molar-refractivity contribution in [1.82, 2.24) is 0 Å². The average molecular weight is 228 g/mol. The number of phosphoric ester groups is 1. The molecule has 0 saturated carbocycles. The summed E-state index contributed by atoms with van der Waals surface area (Å²) in [6, 6.07) is 9.66. The third-order valence-corrected chi connectivity index (χ3v) is 2.17. The van der Waals surface area contributed by atoms with E-state index in [1.165, 1.54) is 0 Å². The van der Waals surface area contributed by atoms with E-state index in [0.29, 0.717) is 6.42 Å². The first kappa shape index (κ1) is 12.1. The Morgan fingerprint density at radius 3 is 2.53 bits per heavy atom. The zero-order chi connectivity index (χ0) is 11.1. The van der Waals surface area contributed by atoms with Gasteiger partial charge in [0, 0.05) is 0 Å². The van der Waals surface area contributed by atoms with Crippen LogP contribution in [0.15, 0.2) is 36.4 Å². The van der Waals surface area contributed by atoms with E-state index in [1.807, 2.05) is 42.5 Å². The van der Waals surface area contributed by atoms with E-state index in [4.69, 9.17) is 9.79 Å². The van der Waals surface area contributed by atoms with Gasteiger partial charge in [-0.3, -0.25) is 4.52 Å². The van der Waals surface area contributed by atoms with Crippen LogP contribution in [0.1, 0.15) is 12.0 Å². The van der Waals surface area contributed by atoms with Crippen molar-refractivity contribution in [2.75, 3.05) is 6.61 Å². The van der Waals surface area contributed by atoms with Gasteiger partial charge < -0.3 is 9.79 Å². The molecule has 0 fully saturated rings. The second kappa shape index (κ2) is 5.83. The predicted octanol–water partition coefficient (Wildman–Crippen LogP) is 2.20. The van der Waals surface area contributed by atoms with Gasteiger partial charge in [-0.25, -0.2) is 4.57 Å². The van der Waals surface area contributed by atoms with E-state index in [1.54, 1.807) is 0 Å². The molecule has 0 atom stereocenters. The zero-order valence-corrected chi connectivity index (χ0v) is 9.01. The Morgan fingerprint density at radius 1 is 1.27 bits per heavy atom. The molecule has 0 bridgehead atoms. The van der Waals surface area contributed by atoms with Gasteiger partial charge in [-0.1, -0.05) is 42.5 Å². The molecule has 0 heterocycles. The van der Waals surface area contributed by atoms with Crippen LogP contribution in [0.25, 0.3) is 6.08 Å². The molecular formula is C10H13O4P. The molecule has 0 spiro atoms. The summed E-state index contributed by atoms with van der Waals surface area (Å²) in [6.07, 6.45) is 4.16. The van der Waals surface area contributed by atoms with Gasteiger partial charge in [0.1, 0.15) is 0 Å². The van der Waals surface area contributed by atoms with Gasteiger partial charge in [0.15, 0.2) is 0 Å². The number of rotatable bonds is 5. The van der Waals surface area contributed by atoms with Crippen molar-refractivity contribution in [1.29, 1.82) is 0 Å². The van der Waals surface area contributed by atoms with Gasteiger partial charge in [-0.15, -0.1) is 0 Å². The molecule has 1 aromatic carbocycles. The van der Waals surface area contributed by atoms with Crippen molar-refractivity contribution in [3.05, 3.63) is 42.0 Å². The number of hydrogen-bond acceptors (Lipinski definition) is 2. The van der Waals surface area contributed by atoms with Crippen LogP contribution in [-0.4, -0.2) is 16.4 Å². The Labute approximate surface area is 88.5 Å². The van der Waals surface area contributed by atoms with E-state index in [0.717, 1.165) is 5.56 Å². The van der Waals surface area contributed by atoms with Gasteiger partial charge in [-0.05, 0) is 12.0 Å². The Balaban J connectivity index is 2.27. The molecule has 1 aromatic rings. The second-order valence-electron chi connectivity index (χ2n) is 2.93. The highest BCUT2D eigenvalue weighted by atomic mass is 31.2. The molecule has 1 rings (SSSR count). The number of phosphoric acid groups is 1. The first-order chi connectivity index (χ1) is 7.08.